The smallest absolute Gasteiger partial charge is 0.410 e. The second-order valence-electron chi connectivity index (χ2n) is 13.3. The number of ether oxygens (including phenoxy) is 2. The lowest BCUT2D eigenvalue weighted by molar-refractivity contribution is -0.137. The van der Waals surface area contributed by atoms with Gasteiger partial charge in [0.05, 0.1) is 22.4 Å². The number of piperidine rings is 1. The van der Waals surface area contributed by atoms with E-state index < -0.39 is 23.8 Å². The molecule has 0 aliphatic carbocycles. The maximum absolute atomic E-state index is 13.8. The molecular weight excluding hydrogens is 644 g/mol. The topological polar surface area (TPSA) is 133 Å². The summed E-state index contributed by atoms with van der Waals surface area (Å²) < 4.78 is 11.4. The summed E-state index contributed by atoms with van der Waals surface area (Å²) in [4.78, 5) is 63.4. The Balaban J connectivity index is 1.18. The van der Waals surface area contributed by atoms with E-state index >= 15 is 0 Å². The SMILES string of the molecule is Cc1cc(Oc2ccccc2)ccc1N1C(=O)Nc2c(C(=O)N[C@@H]3CCCN(C(=O)[C@@H](C)N(C)C(=O)OC(C)(C)C)C3)sc3nccc1c23. The van der Waals surface area contributed by atoms with Crippen molar-refractivity contribution < 1.29 is 28.7 Å². The number of amides is 5. The van der Waals surface area contributed by atoms with Crippen LogP contribution >= 0.6 is 11.3 Å². The molecule has 13 heteroatoms. The van der Waals surface area contributed by atoms with Gasteiger partial charge in [-0.15, -0.1) is 11.3 Å². The van der Waals surface area contributed by atoms with Crippen molar-refractivity contribution in [2.75, 3.05) is 30.4 Å². The van der Waals surface area contributed by atoms with Crippen LogP contribution in [0.3, 0.4) is 0 Å². The molecule has 4 heterocycles. The summed E-state index contributed by atoms with van der Waals surface area (Å²) in [7, 11) is 1.54. The minimum atomic E-state index is -0.741. The van der Waals surface area contributed by atoms with Crippen molar-refractivity contribution in [3.8, 4) is 11.5 Å². The van der Waals surface area contributed by atoms with E-state index in [1.54, 1.807) is 56.8 Å². The van der Waals surface area contributed by atoms with E-state index in [1.165, 1.54) is 16.2 Å². The van der Waals surface area contributed by atoms with Crippen molar-refractivity contribution in [2.24, 2.45) is 0 Å². The van der Waals surface area contributed by atoms with Crippen LogP contribution < -0.4 is 20.3 Å². The number of aryl methyl sites for hydroxylation is 1. The predicted octanol–water partition coefficient (Wildman–Crippen LogP) is 7.06. The first-order valence-electron chi connectivity index (χ1n) is 16.2. The molecule has 2 aliphatic rings. The third-order valence-electron chi connectivity index (χ3n) is 8.53. The molecular formula is C36H40N6O6S. The zero-order valence-corrected chi connectivity index (χ0v) is 29.2. The number of nitrogens with zero attached hydrogens (tertiary/aromatic N) is 4. The Morgan fingerprint density at radius 3 is 2.55 bits per heavy atom. The van der Waals surface area contributed by atoms with Crippen molar-refractivity contribution in [2.45, 2.75) is 65.1 Å². The lowest BCUT2D eigenvalue weighted by Gasteiger charge is -2.36. The van der Waals surface area contributed by atoms with Gasteiger partial charge in [0.25, 0.3) is 5.91 Å². The Kier molecular flexibility index (Phi) is 9.21. The van der Waals surface area contributed by atoms with Crippen LogP contribution in [0.1, 0.15) is 55.8 Å². The summed E-state index contributed by atoms with van der Waals surface area (Å²) in [5.41, 5.74) is 1.85. The number of rotatable bonds is 7. The zero-order valence-electron chi connectivity index (χ0n) is 28.4. The summed E-state index contributed by atoms with van der Waals surface area (Å²) in [5, 5.41) is 6.71. The number of likely N-dealkylation sites (N-methyl/N-ethyl adjacent to an activating group) is 1. The number of hydrogen-bond acceptors (Lipinski definition) is 8. The average molecular weight is 685 g/mol. The normalized spacial score (nSPS) is 16.5. The molecule has 4 aromatic rings. The monoisotopic (exact) mass is 684 g/mol. The van der Waals surface area contributed by atoms with Crippen molar-refractivity contribution in [1.29, 1.82) is 0 Å². The fraction of sp³-hybridized carbons (Fsp3) is 0.361. The number of anilines is 3. The third-order valence-corrected chi connectivity index (χ3v) is 9.62. The Hall–Kier alpha value is -5.17. The van der Waals surface area contributed by atoms with Crippen LogP contribution in [0.2, 0.25) is 0 Å². The highest BCUT2D eigenvalue weighted by atomic mass is 32.1. The first kappa shape index (κ1) is 33.7. The van der Waals surface area contributed by atoms with E-state index in [2.05, 4.69) is 15.6 Å². The zero-order chi connectivity index (χ0) is 35.0. The minimum Gasteiger partial charge on any atom is -0.457 e. The van der Waals surface area contributed by atoms with Crippen molar-refractivity contribution >= 4 is 62.6 Å². The van der Waals surface area contributed by atoms with Crippen molar-refractivity contribution in [3.63, 3.8) is 0 Å². The van der Waals surface area contributed by atoms with E-state index in [4.69, 9.17) is 9.47 Å². The number of carbonyl (C=O) groups excluding carboxylic acids is 4. The fourth-order valence-corrected chi connectivity index (χ4v) is 7.04. The molecule has 2 aliphatic heterocycles. The number of carbonyl (C=O) groups is 4. The van der Waals surface area contributed by atoms with Gasteiger partial charge in [-0.05, 0) is 89.4 Å². The second-order valence-corrected chi connectivity index (χ2v) is 14.3. The van der Waals surface area contributed by atoms with Gasteiger partial charge in [-0.25, -0.2) is 14.6 Å². The van der Waals surface area contributed by atoms with E-state index in [-0.39, 0.29) is 17.9 Å². The van der Waals surface area contributed by atoms with Gasteiger partial charge in [0, 0.05) is 32.4 Å². The van der Waals surface area contributed by atoms with Crippen LogP contribution in [0.15, 0.2) is 60.8 Å². The number of pyridine rings is 1. The Bertz CT molecular complexity index is 1920. The molecule has 2 N–H and O–H groups in total. The molecule has 2 aromatic heterocycles. The minimum absolute atomic E-state index is 0.222. The number of nitrogens with one attached hydrogen (secondary N) is 2. The van der Waals surface area contributed by atoms with Crippen LogP contribution in [0.5, 0.6) is 11.5 Å². The standard InChI is InChI=1S/C36H40N6O6S/c1-21-19-25(47-24-12-8-7-9-13-24)14-15-26(21)42-27-16-17-37-32-28(27)29(39-34(42)45)30(49-32)31(43)38-23-11-10-18-41(20-23)33(44)22(2)40(6)35(46)48-36(3,4)5/h7-9,12-17,19,22-23H,10-11,18,20H2,1-6H3,(H,38,43)(H,39,45)/t22-,23-/m1/s1. The Morgan fingerprint density at radius 2 is 1.84 bits per heavy atom. The van der Waals surface area contributed by atoms with Gasteiger partial charge in [-0.3, -0.25) is 19.4 Å². The molecule has 5 amide bonds. The van der Waals surface area contributed by atoms with Gasteiger partial charge in [0.2, 0.25) is 5.91 Å². The van der Waals surface area contributed by atoms with E-state index in [0.717, 1.165) is 5.56 Å². The molecule has 0 spiro atoms. The number of para-hydroxylation sites is 1. The summed E-state index contributed by atoms with van der Waals surface area (Å²) in [6.45, 7) is 9.71. The molecule has 0 radical (unpaired) electrons. The molecule has 2 aromatic carbocycles. The number of urea groups is 1. The largest absolute Gasteiger partial charge is 0.457 e. The highest BCUT2D eigenvalue weighted by Crippen LogP contribution is 2.46. The third kappa shape index (κ3) is 7.02. The van der Waals surface area contributed by atoms with Crippen molar-refractivity contribution in [3.05, 3.63) is 71.2 Å². The summed E-state index contributed by atoms with van der Waals surface area (Å²) >= 11 is 1.21. The number of thiophene rings is 1. The maximum atomic E-state index is 13.8. The van der Waals surface area contributed by atoms with Crippen LogP contribution in [0.25, 0.3) is 10.2 Å². The van der Waals surface area contributed by atoms with E-state index in [9.17, 15) is 19.2 Å². The lowest BCUT2D eigenvalue weighted by atomic mass is 10.0. The second kappa shape index (κ2) is 13.4. The molecule has 2 atom stereocenters. The van der Waals surface area contributed by atoms with Gasteiger partial charge in [0.15, 0.2) is 0 Å². The Labute approximate surface area is 289 Å². The van der Waals surface area contributed by atoms with Crippen LogP contribution in [0.4, 0.5) is 26.7 Å². The van der Waals surface area contributed by atoms with Crippen LogP contribution in [-0.4, -0.2) is 76.5 Å². The Morgan fingerprint density at radius 1 is 1.08 bits per heavy atom. The van der Waals surface area contributed by atoms with Crippen LogP contribution in [-0.2, 0) is 9.53 Å². The summed E-state index contributed by atoms with van der Waals surface area (Å²) in [6, 6.07) is 15.3. The molecule has 0 bridgehead atoms. The number of likely N-dealkylation sites (tertiary alicyclic amines) is 1. The molecule has 0 unspecified atom stereocenters. The predicted molar refractivity (Wildman–Crippen MR) is 189 cm³/mol. The molecule has 1 saturated heterocycles. The van der Waals surface area contributed by atoms with Gasteiger partial charge >= 0.3 is 12.1 Å². The number of benzene rings is 2. The quantitative estimate of drug-likeness (QED) is 0.213. The van der Waals surface area contributed by atoms with Gasteiger partial charge in [-0.2, -0.15) is 0 Å². The van der Waals surface area contributed by atoms with E-state index in [1.807, 2.05) is 55.5 Å². The first-order valence-corrected chi connectivity index (χ1v) is 17.0. The van der Waals surface area contributed by atoms with E-state index in [0.29, 0.717) is 69.6 Å². The molecule has 256 valence electrons. The summed E-state index contributed by atoms with van der Waals surface area (Å²) in [5.74, 6) is 0.783. The maximum Gasteiger partial charge on any atom is 0.410 e. The average Bonchev–Trinajstić information content (AvgIpc) is 3.43. The fourth-order valence-electron chi connectivity index (χ4n) is 6.02. The highest BCUT2D eigenvalue weighted by Gasteiger charge is 2.36. The lowest BCUT2D eigenvalue weighted by Crippen LogP contribution is -2.55. The number of aromatic nitrogens is 1. The molecule has 6 rings (SSSR count). The molecule has 0 saturated carbocycles. The molecule has 12 nitrogen and oxygen atoms in total. The number of hydrogen-bond donors (Lipinski definition) is 2. The molecule has 49 heavy (non-hydrogen) atoms. The van der Waals surface area contributed by atoms with Gasteiger partial charge in [-0.1, -0.05) is 18.2 Å². The summed E-state index contributed by atoms with van der Waals surface area (Å²) in [6.07, 6.45) is 2.42. The molecule has 1 fully saturated rings. The van der Waals surface area contributed by atoms with Crippen molar-refractivity contribution in [1.82, 2.24) is 20.1 Å². The van der Waals surface area contributed by atoms with Gasteiger partial charge < -0.3 is 25.0 Å². The van der Waals surface area contributed by atoms with Crippen LogP contribution in [0, 0.1) is 6.92 Å². The van der Waals surface area contributed by atoms with Gasteiger partial charge in [0.1, 0.15) is 32.8 Å². The first-order chi connectivity index (χ1) is 23.3. The highest BCUT2D eigenvalue weighted by molar-refractivity contribution is 7.21.